The van der Waals surface area contributed by atoms with Gasteiger partial charge in [-0.2, -0.15) is 0 Å². The Labute approximate surface area is 98.3 Å². The molecule has 1 unspecified atom stereocenters. The SMILES string of the molecule is CCCNCC(=O)N1CCCC(OCC)C1. The third-order valence-corrected chi connectivity index (χ3v) is 2.84. The van der Waals surface area contributed by atoms with Crippen LogP contribution in [-0.2, 0) is 9.53 Å². The number of amides is 1. The van der Waals surface area contributed by atoms with Gasteiger partial charge in [0, 0.05) is 19.7 Å². The number of likely N-dealkylation sites (tertiary alicyclic amines) is 1. The Bertz CT molecular complexity index is 207. The van der Waals surface area contributed by atoms with Crippen molar-refractivity contribution in [2.45, 2.75) is 39.2 Å². The summed E-state index contributed by atoms with van der Waals surface area (Å²) in [5.41, 5.74) is 0. The lowest BCUT2D eigenvalue weighted by molar-refractivity contribution is -0.134. The smallest absolute Gasteiger partial charge is 0.236 e. The predicted octanol–water partition coefficient (Wildman–Crippen LogP) is 1.01. The van der Waals surface area contributed by atoms with E-state index in [-0.39, 0.29) is 12.0 Å². The van der Waals surface area contributed by atoms with Crippen molar-refractivity contribution in [1.82, 2.24) is 10.2 Å². The Hall–Kier alpha value is -0.610. The van der Waals surface area contributed by atoms with Crippen molar-refractivity contribution in [3.05, 3.63) is 0 Å². The predicted molar refractivity (Wildman–Crippen MR) is 64.4 cm³/mol. The maximum atomic E-state index is 11.8. The van der Waals surface area contributed by atoms with E-state index >= 15 is 0 Å². The van der Waals surface area contributed by atoms with Crippen LogP contribution in [0.25, 0.3) is 0 Å². The number of nitrogens with zero attached hydrogens (tertiary/aromatic N) is 1. The number of piperidine rings is 1. The first-order valence-corrected chi connectivity index (χ1v) is 6.38. The molecule has 1 amide bonds. The van der Waals surface area contributed by atoms with E-state index in [1.165, 1.54) is 0 Å². The third kappa shape index (κ3) is 4.49. The molecule has 1 rings (SSSR count). The van der Waals surface area contributed by atoms with Gasteiger partial charge in [-0.1, -0.05) is 6.92 Å². The summed E-state index contributed by atoms with van der Waals surface area (Å²) in [6.07, 6.45) is 3.45. The van der Waals surface area contributed by atoms with Crippen LogP contribution in [0.15, 0.2) is 0 Å². The van der Waals surface area contributed by atoms with E-state index in [1.807, 2.05) is 11.8 Å². The Morgan fingerprint density at radius 1 is 1.50 bits per heavy atom. The number of hydrogen-bond acceptors (Lipinski definition) is 3. The van der Waals surface area contributed by atoms with Gasteiger partial charge in [0.1, 0.15) is 0 Å². The Morgan fingerprint density at radius 3 is 3.00 bits per heavy atom. The molecule has 0 aliphatic carbocycles. The van der Waals surface area contributed by atoms with Gasteiger partial charge < -0.3 is 15.0 Å². The van der Waals surface area contributed by atoms with E-state index in [9.17, 15) is 4.79 Å². The first-order chi connectivity index (χ1) is 7.77. The number of rotatable bonds is 6. The van der Waals surface area contributed by atoms with Gasteiger partial charge in [-0.15, -0.1) is 0 Å². The van der Waals surface area contributed by atoms with Crippen LogP contribution in [0.3, 0.4) is 0 Å². The van der Waals surface area contributed by atoms with Gasteiger partial charge in [0.15, 0.2) is 0 Å². The number of carbonyl (C=O) groups is 1. The van der Waals surface area contributed by atoms with Crippen LogP contribution in [0.4, 0.5) is 0 Å². The first-order valence-electron chi connectivity index (χ1n) is 6.38. The molecule has 1 aliphatic rings. The van der Waals surface area contributed by atoms with E-state index < -0.39 is 0 Å². The molecule has 1 atom stereocenters. The molecule has 94 valence electrons. The minimum Gasteiger partial charge on any atom is -0.377 e. The van der Waals surface area contributed by atoms with Crippen LogP contribution < -0.4 is 5.32 Å². The fourth-order valence-electron chi connectivity index (χ4n) is 2.02. The molecule has 1 heterocycles. The Balaban J connectivity index is 2.26. The van der Waals surface area contributed by atoms with E-state index in [0.717, 1.165) is 45.5 Å². The molecule has 1 N–H and O–H groups in total. The van der Waals surface area contributed by atoms with Crippen LogP contribution in [0.5, 0.6) is 0 Å². The lowest BCUT2D eigenvalue weighted by Crippen LogP contribution is -2.46. The summed E-state index contributed by atoms with van der Waals surface area (Å²) in [4.78, 5) is 13.8. The quantitative estimate of drug-likeness (QED) is 0.690. The van der Waals surface area contributed by atoms with Crippen LogP contribution in [0, 0.1) is 0 Å². The van der Waals surface area contributed by atoms with Crippen molar-refractivity contribution < 1.29 is 9.53 Å². The molecule has 0 spiro atoms. The molecule has 1 saturated heterocycles. The van der Waals surface area contributed by atoms with Crippen molar-refractivity contribution in [2.24, 2.45) is 0 Å². The minimum atomic E-state index is 0.206. The molecular weight excluding hydrogens is 204 g/mol. The Morgan fingerprint density at radius 2 is 2.31 bits per heavy atom. The summed E-state index contributed by atoms with van der Waals surface area (Å²) in [5, 5.41) is 3.15. The van der Waals surface area contributed by atoms with Crippen LogP contribution in [0.2, 0.25) is 0 Å². The Kier molecular flexibility index (Phi) is 6.42. The summed E-state index contributed by atoms with van der Waals surface area (Å²) in [6, 6.07) is 0. The summed E-state index contributed by atoms with van der Waals surface area (Å²) < 4.78 is 5.57. The van der Waals surface area contributed by atoms with Gasteiger partial charge in [-0.3, -0.25) is 4.79 Å². The van der Waals surface area contributed by atoms with Gasteiger partial charge in [0.2, 0.25) is 5.91 Å². The molecule has 4 heteroatoms. The highest BCUT2D eigenvalue weighted by molar-refractivity contribution is 5.78. The molecule has 0 radical (unpaired) electrons. The monoisotopic (exact) mass is 228 g/mol. The minimum absolute atomic E-state index is 0.206. The number of ether oxygens (including phenoxy) is 1. The van der Waals surface area contributed by atoms with Gasteiger partial charge in [0.05, 0.1) is 12.6 Å². The van der Waals surface area contributed by atoms with Gasteiger partial charge in [0.25, 0.3) is 0 Å². The molecule has 1 fully saturated rings. The van der Waals surface area contributed by atoms with Gasteiger partial charge in [-0.05, 0) is 32.7 Å². The standard InChI is InChI=1S/C12H24N2O2/c1-3-7-13-9-12(15)14-8-5-6-11(10-14)16-4-2/h11,13H,3-10H2,1-2H3. The molecular formula is C12H24N2O2. The zero-order valence-corrected chi connectivity index (χ0v) is 10.5. The second-order valence-corrected chi connectivity index (χ2v) is 4.24. The van der Waals surface area contributed by atoms with Gasteiger partial charge >= 0.3 is 0 Å². The topological polar surface area (TPSA) is 41.6 Å². The normalized spacial score (nSPS) is 21.1. The summed E-state index contributed by atoms with van der Waals surface area (Å²) in [5.74, 6) is 0.206. The van der Waals surface area contributed by atoms with Crippen molar-refractivity contribution in [3.8, 4) is 0 Å². The summed E-state index contributed by atoms with van der Waals surface area (Å²) in [7, 11) is 0. The first kappa shape index (κ1) is 13.5. The largest absolute Gasteiger partial charge is 0.377 e. The van der Waals surface area contributed by atoms with Gasteiger partial charge in [-0.25, -0.2) is 0 Å². The molecule has 0 aromatic heterocycles. The maximum absolute atomic E-state index is 11.8. The maximum Gasteiger partial charge on any atom is 0.236 e. The highest BCUT2D eigenvalue weighted by Gasteiger charge is 2.23. The molecule has 0 saturated carbocycles. The summed E-state index contributed by atoms with van der Waals surface area (Å²) in [6.45, 7) is 7.87. The molecule has 1 aliphatic heterocycles. The fraction of sp³-hybridized carbons (Fsp3) is 0.917. The fourth-order valence-corrected chi connectivity index (χ4v) is 2.02. The molecule has 0 aromatic carbocycles. The van der Waals surface area contributed by atoms with E-state index in [2.05, 4.69) is 12.2 Å². The van der Waals surface area contributed by atoms with Crippen LogP contribution >= 0.6 is 0 Å². The number of hydrogen-bond donors (Lipinski definition) is 1. The third-order valence-electron chi connectivity index (χ3n) is 2.84. The molecule has 0 aromatic rings. The van der Waals surface area contributed by atoms with Crippen LogP contribution in [0.1, 0.15) is 33.1 Å². The molecule has 16 heavy (non-hydrogen) atoms. The molecule has 0 bridgehead atoms. The lowest BCUT2D eigenvalue weighted by Gasteiger charge is -2.32. The van der Waals surface area contributed by atoms with Crippen molar-refractivity contribution in [1.29, 1.82) is 0 Å². The average molecular weight is 228 g/mol. The highest BCUT2D eigenvalue weighted by atomic mass is 16.5. The number of nitrogens with one attached hydrogen (secondary N) is 1. The summed E-state index contributed by atoms with van der Waals surface area (Å²) >= 11 is 0. The second-order valence-electron chi connectivity index (χ2n) is 4.24. The second kappa shape index (κ2) is 7.63. The van der Waals surface area contributed by atoms with E-state index in [1.54, 1.807) is 0 Å². The zero-order valence-electron chi connectivity index (χ0n) is 10.5. The number of carbonyl (C=O) groups excluding carboxylic acids is 1. The van der Waals surface area contributed by atoms with Crippen molar-refractivity contribution >= 4 is 5.91 Å². The average Bonchev–Trinajstić information content (AvgIpc) is 2.30. The highest BCUT2D eigenvalue weighted by Crippen LogP contribution is 2.12. The van der Waals surface area contributed by atoms with Crippen molar-refractivity contribution in [2.75, 3.05) is 32.8 Å². The van der Waals surface area contributed by atoms with E-state index in [4.69, 9.17) is 4.74 Å². The van der Waals surface area contributed by atoms with Crippen molar-refractivity contribution in [3.63, 3.8) is 0 Å². The van der Waals surface area contributed by atoms with E-state index in [0.29, 0.717) is 6.54 Å². The molecule has 4 nitrogen and oxygen atoms in total. The lowest BCUT2D eigenvalue weighted by atomic mass is 10.1. The van der Waals surface area contributed by atoms with Crippen LogP contribution in [-0.4, -0.2) is 49.7 Å². The zero-order chi connectivity index (χ0) is 11.8.